The van der Waals surface area contributed by atoms with Gasteiger partial charge in [-0.05, 0) is 56.0 Å². The van der Waals surface area contributed by atoms with Crippen LogP contribution in [0.5, 0.6) is 11.6 Å². The molecule has 1 aromatic heterocycles. The van der Waals surface area contributed by atoms with E-state index in [0.717, 1.165) is 29.4 Å². The first-order chi connectivity index (χ1) is 13.3. The van der Waals surface area contributed by atoms with Crippen LogP contribution in [-0.4, -0.2) is 22.6 Å². The van der Waals surface area contributed by atoms with Gasteiger partial charge in [0.1, 0.15) is 5.75 Å². The molecule has 0 unspecified atom stereocenters. The number of ether oxygens (including phenoxy) is 1. The van der Waals surface area contributed by atoms with Gasteiger partial charge in [0.05, 0.1) is 12.2 Å². The minimum atomic E-state index is 0.636. The molecule has 1 aliphatic carbocycles. The number of aryl methyl sites for hydroxylation is 1. The fourth-order valence-electron chi connectivity index (χ4n) is 3.76. The zero-order valence-electron chi connectivity index (χ0n) is 15.5. The number of aromatic nitrogens is 1. The van der Waals surface area contributed by atoms with E-state index in [4.69, 9.17) is 9.72 Å². The van der Waals surface area contributed by atoms with Gasteiger partial charge in [0, 0.05) is 35.6 Å². The number of hydrogen-bond donors (Lipinski definition) is 0. The van der Waals surface area contributed by atoms with E-state index in [-0.39, 0.29) is 0 Å². The second-order valence-electron chi connectivity index (χ2n) is 7.40. The Morgan fingerprint density at radius 2 is 1.85 bits per heavy atom. The summed E-state index contributed by atoms with van der Waals surface area (Å²) >= 11 is 0. The minimum absolute atomic E-state index is 0.636. The lowest BCUT2D eigenvalue weighted by Crippen LogP contribution is -2.38. The molecule has 2 heterocycles. The van der Waals surface area contributed by atoms with E-state index in [9.17, 15) is 0 Å². The summed E-state index contributed by atoms with van der Waals surface area (Å²) in [5, 5.41) is 1.16. The third kappa shape index (κ3) is 3.12. The molecule has 5 rings (SSSR count). The van der Waals surface area contributed by atoms with Crippen molar-refractivity contribution in [1.82, 2.24) is 9.88 Å². The van der Waals surface area contributed by atoms with Gasteiger partial charge >= 0.3 is 0 Å². The van der Waals surface area contributed by atoms with Crippen molar-refractivity contribution in [3.05, 3.63) is 72.6 Å². The monoisotopic (exact) mass is 357 g/mol. The highest BCUT2D eigenvalue weighted by Crippen LogP contribution is 2.32. The summed E-state index contributed by atoms with van der Waals surface area (Å²) in [5.74, 6) is 1.44. The Kier molecular flexibility index (Phi) is 3.97. The van der Waals surface area contributed by atoms with Gasteiger partial charge in [0.25, 0.3) is 0 Å². The number of rotatable bonds is 4. The topological polar surface area (TPSA) is 28.6 Å². The molecule has 0 radical (unpaired) electrons. The molecule has 0 saturated heterocycles. The Hall–Kier alpha value is -3.01. The number of benzene rings is 2. The number of para-hydroxylation sites is 1. The van der Waals surface area contributed by atoms with Gasteiger partial charge in [-0.2, -0.15) is 0 Å². The Morgan fingerprint density at radius 1 is 1.00 bits per heavy atom. The standard InChI is InChI=1S/C23H23N3O/c1-17-14-23(27-20-8-3-2-4-9-20)24-22-15-19(10-11-21(17)22)26-13-12-25(16-26)18-6-5-7-18/h2-4,8-15,18H,5-7,16H2,1H3. The maximum absolute atomic E-state index is 5.96. The first-order valence-corrected chi connectivity index (χ1v) is 9.61. The molecule has 4 heteroatoms. The van der Waals surface area contributed by atoms with E-state index >= 15 is 0 Å². The maximum Gasteiger partial charge on any atom is 0.220 e. The number of pyridine rings is 1. The van der Waals surface area contributed by atoms with Crippen LogP contribution in [0.25, 0.3) is 10.9 Å². The van der Waals surface area contributed by atoms with Crippen molar-refractivity contribution >= 4 is 16.6 Å². The van der Waals surface area contributed by atoms with Crippen LogP contribution in [0.15, 0.2) is 67.0 Å². The van der Waals surface area contributed by atoms with E-state index < -0.39 is 0 Å². The zero-order valence-corrected chi connectivity index (χ0v) is 15.5. The lowest BCUT2D eigenvalue weighted by Gasteiger charge is -2.35. The average Bonchev–Trinajstić information content (AvgIpc) is 3.10. The first-order valence-electron chi connectivity index (χ1n) is 9.61. The van der Waals surface area contributed by atoms with Crippen LogP contribution in [0.2, 0.25) is 0 Å². The molecule has 0 N–H and O–H groups in total. The fraction of sp³-hybridized carbons (Fsp3) is 0.261. The molecule has 4 nitrogen and oxygen atoms in total. The first kappa shape index (κ1) is 16.2. The Labute approximate surface area is 159 Å². The summed E-state index contributed by atoms with van der Waals surface area (Å²) in [6.45, 7) is 3.03. The van der Waals surface area contributed by atoms with Gasteiger partial charge < -0.3 is 14.5 Å². The molecule has 0 atom stereocenters. The molecule has 1 saturated carbocycles. The molecule has 3 aromatic rings. The van der Waals surface area contributed by atoms with Gasteiger partial charge in [-0.1, -0.05) is 24.3 Å². The molecule has 2 aliphatic rings. The van der Waals surface area contributed by atoms with Crippen molar-refractivity contribution in [2.24, 2.45) is 0 Å². The van der Waals surface area contributed by atoms with E-state index in [0.29, 0.717) is 5.88 Å². The van der Waals surface area contributed by atoms with Gasteiger partial charge in [-0.3, -0.25) is 0 Å². The van der Waals surface area contributed by atoms with Crippen LogP contribution in [0.4, 0.5) is 5.69 Å². The van der Waals surface area contributed by atoms with Gasteiger partial charge in [0.15, 0.2) is 0 Å². The third-order valence-electron chi connectivity index (χ3n) is 5.57. The van der Waals surface area contributed by atoms with Gasteiger partial charge in [-0.15, -0.1) is 0 Å². The third-order valence-corrected chi connectivity index (χ3v) is 5.57. The van der Waals surface area contributed by atoms with Crippen molar-refractivity contribution < 1.29 is 4.74 Å². The normalized spacial score (nSPS) is 16.8. The number of fused-ring (bicyclic) bond motifs is 1. The molecule has 1 fully saturated rings. The number of hydrogen-bond acceptors (Lipinski definition) is 4. The summed E-state index contributed by atoms with van der Waals surface area (Å²) in [5.41, 5.74) is 3.31. The minimum Gasteiger partial charge on any atom is -0.439 e. The Morgan fingerprint density at radius 3 is 2.63 bits per heavy atom. The number of anilines is 1. The lowest BCUT2D eigenvalue weighted by atomic mass is 9.92. The van der Waals surface area contributed by atoms with Crippen molar-refractivity contribution in [3.63, 3.8) is 0 Å². The van der Waals surface area contributed by atoms with Crippen molar-refractivity contribution in [3.8, 4) is 11.6 Å². The summed E-state index contributed by atoms with van der Waals surface area (Å²) in [6.07, 6.45) is 8.39. The molecule has 2 aromatic carbocycles. The highest BCUT2D eigenvalue weighted by molar-refractivity contribution is 5.86. The van der Waals surface area contributed by atoms with Crippen LogP contribution in [0.1, 0.15) is 24.8 Å². The van der Waals surface area contributed by atoms with E-state index in [1.54, 1.807) is 0 Å². The average molecular weight is 357 g/mol. The Balaban J connectivity index is 1.43. The van der Waals surface area contributed by atoms with Gasteiger partial charge in [-0.25, -0.2) is 4.98 Å². The molecular weight excluding hydrogens is 334 g/mol. The van der Waals surface area contributed by atoms with Crippen molar-refractivity contribution in [1.29, 1.82) is 0 Å². The molecule has 27 heavy (non-hydrogen) atoms. The predicted octanol–water partition coefficient (Wildman–Crippen LogP) is 5.44. The smallest absolute Gasteiger partial charge is 0.220 e. The van der Waals surface area contributed by atoms with Crippen LogP contribution in [0, 0.1) is 6.92 Å². The Bertz CT molecular complexity index is 995. The van der Waals surface area contributed by atoms with Crippen LogP contribution in [-0.2, 0) is 0 Å². The predicted molar refractivity (Wildman–Crippen MR) is 109 cm³/mol. The van der Waals surface area contributed by atoms with Crippen molar-refractivity contribution in [2.45, 2.75) is 32.2 Å². The summed E-state index contributed by atoms with van der Waals surface area (Å²) < 4.78 is 5.96. The van der Waals surface area contributed by atoms with E-state index in [2.05, 4.69) is 47.3 Å². The summed E-state index contributed by atoms with van der Waals surface area (Å²) in [4.78, 5) is 9.50. The fourth-order valence-corrected chi connectivity index (χ4v) is 3.76. The second-order valence-corrected chi connectivity index (χ2v) is 7.40. The quantitative estimate of drug-likeness (QED) is 0.622. The zero-order chi connectivity index (χ0) is 18.2. The largest absolute Gasteiger partial charge is 0.439 e. The lowest BCUT2D eigenvalue weighted by molar-refractivity contribution is 0.197. The molecule has 0 amide bonds. The molecule has 0 spiro atoms. The number of nitrogens with zero attached hydrogens (tertiary/aromatic N) is 3. The highest BCUT2D eigenvalue weighted by atomic mass is 16.5. The summed E-state index contributed by atoms with van der Waals surface area (Å²) in [6, 6.07) is 19.0. The molecule has 1 aliphatic heterocycles. The molecule has 136 valence electrons. The molecular formula is C23H23N3O. The molecule has 0 bridgehead atoms. The second kappa shape index (κ2) is 6.62. The highest BCUT2D eigenvalue weighted by Gasteiger charge is 2.26. The maximum atomic E-state index is 5.96. The van der Waals surface area contributed by atoms with E-state index in [1.807, 2.05) is 36.4 Å². The van der Waals surface area contributed by atoms with Gasteiger partial charge in [0.2, 0.25) is 5.88 Å². The van der Waals surface area contributed by atoms with Crippen molar-refractivity contribution in [2.75, 3.05) is 11.6 Å². The van der Waals surface area contributed by atoms with Crippen LogP contribution in [0.3, 0.4) is 0 Å². The van der Waals surface area contributed by atoms with Crippen LogP contribution < -0.4 is 9.64 Å². The van der Waals surface area contributed by atoms with Crippen LogP contribution >= 0.6 is 0 Å². The SMILES string of the molecule is Cc1cc(Oc2ccccc2)nc2cc(N3C=CN(C4CCC4)C3)ccc12. The summed E-state index contributed by atoms with van der Waals surface area (Å²) in [7, 11) is 0. The van der Waals surface area contributed by atoms with E-state index in [1.165, 1.54) is 30.5 Å².